The Labute approximate surface area is 164 Å². The van der Waals surface area contributed by atoms with Crippen LogP contribution < -0.4 is 14.7 Å². The van der Waals surface area contributed by atoms with Crippen molar-refractivity contribution in [3.8, 4) is 18.1 Å². The normalized spacial score (nSPS) is 10.6. The van der Waals surface area contributed by atoms with E-state index in [1.54, 1.807) is 0 Å². The molecule has 0 aliphatic rings. The van der Waals surface area contributed by atoms with E-state index in [4.69, 9.17) is 31.0 Å². The van der Waals surface area contributed by atoms with E-state index in [1.165, 1.54) is 4.90 Å². The number of hydrogen-bond donors (Lipinski definition) is 2. The summed E-state index contributed by atoms with van der Waals surface area (Å²) in [7, 11) is 2.08. The summed E-state index contributed by atoms with van der Waals surface area (Å²) < 4.78 is 5.74. The molecule has 0 radical (unpaired) electrons. The average Bonchev–Trinajstić information content (AvgIpc) is 2.68. The first-order valence-corrected chi connectivity index (χ1v) is 8.47. The second-order valence-corrected chi connectivity index (χ2v) is 6.01. The molecule has 0 spiro atoms. The molecule has 0 heterocycles. The monoisotopic (exact) mass is 381 g/mol. The summed E-state index contributed by atoms with van der Waals surface area (Å²) in [5.74, 6) is -0.454. The van der Waals surface area contributed by atoms with E-state index in [0.717, 1.165) is 29.0 Å². The molecule has 1 unspecified atom stereocenters. The Morgan fingerprint density at radius 2 is 1.75 bits per heavy atom. The summed E-state index contributed by atoms with van der Waals surface area (Å²) >= 11 is 0. The summed E-state index contributed by atoms with van der Waals surface area (Å²) in [6.07, 6.45) is 5.33. The topological polar surface area (TPSA) is 91.1 Å². The van der Waals surface area contributed by atoms with Crippen LogP contribution in [0, 0.1) is 12.3 Å². The molecule has 0 amide bonds. The lowest BCUT2D eigenvalue weighted by molar-refractivity contribution is -0.863. The predicted molar refractivity (Wildman–Crippen MR) is 104 cm³/mol. The van der Waals surface area contributed by atoms with E-state index in [-0.39, 0.29) is 0 Å². The SMILES string of the molecule is C#CC[NH+](C)CC(=C)c1ccc(COc2ccccc2)cc1.O=C([O-])C(=O)O. The van der Waals surface area contributed by atoms with Crippen molar-refractivity contribution < 1.29 is 29.4 Å². The summed E-state index contributed by atoms with van der Waals surface area (Å²) in [6.45, 7) is 6.28. The number of aliphatic carboxylic acids is 2. The number of benzene rings is 2. The molecule has 0 bridgehead atoms. The molecule has 146 valence electrons. The van der Waals surface area contributed by atoms with Gasteiger partial charge in [-0.3, -0.25) is 0 Å². The fraction of sp³-hybridized carbons (Fsp3) is 0.182. The number of carboxylic acid groups (broad SMARTS) is 2. The van der Waals surface area contributed by atoms with Crippen LogP contribution in [-0.2, 0) is 16.2 Å². The van der Waals surface area contributed by atoms with Gasteiger partial charge in [0, 0.05) is 5.57 Å². The molecule has 2 aromatic carbocycles. The minimum Gasteiger partial charge on any atom is -0.539 e. The molecular weight excluding hydrogens is 358 g/mol. The van der Waals surface area contributed by atoms with Gasteiger partial charge in [0.05, 0.1) is 7.05 Å². The van der Waals surface area contributed by atoms with Gasteiger partial charge in [-0.2, -0.15) is 0 Å². The van der Waals surface area contributed by atoms with Gasteiger partial charge in [0.1, 0.15) is 25.4 Å². The number of ether oxygens (including phenoxy) is 1. The molecule has 0 saturated carbocycles. The maximum Gasteiger partial charge on any atom is 0.351 e. The van der Waals surface area contributed by atoms with Crippen molar-refractivity contribution in [2.45, 2.75) is 6.61 Å². The maximum absolute atomic E-state index is 9.04. The van der Waals surface area contributed by atoms with E-state index in [9.17, 15) is 0 Å². The predicted octanol–water partition coefficient (Wildman–Crippen LogP) is 0.248. The molecule has 0 saturated heterocycles. The molecule has 0 aliphatic carbocycles. The van der Waals surface area contributed by atoms with Crippen LogP contribution in [0.25, 0.3) is 5.57 Å². The van der Waals surface area contributed by atoms with E-state index in [0.29, 0.717) is 13.2 Å². The van der Waals surface area contributed by atoms with Gasteiger partial charge < -0.3 is 24.6 Å². The fourth-order valence-electron chi connectivity index (χ4n) is 2.22. The van der Waals surface area contributed by atoms with Crippen LogP contribution in [0.5, 0.6) is 5.75 Å². The average molecular weight is 381 g/mol. The van der Waals surface area contributed by atoms with E-state index in [1.807, 2.05) is 30.3 Å². The Kier molecular flexibility index (Phi) is 9.59. The molecule has 0 aromatic heterocycles. The second kappa shape index (κ2) is 11.9. The molecule has 2 rings (SSSR count). The number of carboxylic acids is 2. The van der Waals surface area contributed by atoms with Gasteiger partial charge >= 0.3 is 5.97 Å². The number of nitrogens with one attached hydrogen (secondary N) is 1. The van der Waals surface area contributed by atoms with Crippen molar-refractivity contribution in [2.24, 2.45) is 0 Å². The van der Waals surface area contributed by atoms with Crippen molar-refractivity contribution in [3.05, 3.63) is 72.3 Å². The summed E-state index contributed by atoms with van der Waals surface area (Å²) in [5.41, 5.74) is 3.40. The Bertz CT molecular complexity index is 810. The minimum atomic E-state index is -2.07. The maximum atomic E-state index is 9.04. The third-order valence-corrected chi connectivity index (χ3v) is 3.60. The third-order valence-electron chi connectivity index (χ3n) is 3.60. The van der Waals surface area contributed by atoms with Crippen LogP contribution in [0.15, 0.2) is 61.2 Å². The fourth-order valence-corrected chi connectivity index (χ4v) is 2.22. The molecule has 28 heavy (non-hydrogen) atoms. The molecule has 2 N–H and O–H groups in total. The number of quaternary nitrogens is 1. The van der Waals surface area contributed by atoms with Crippen LogP contribution in [0.3, 0.4) is 0 Å². The lowest BCUT2D eigenvalue weighted by Crippen LogP contribution is -3.08. The molecule has 6 heteroatoms. The number of carbonyl (C=O) groups is 2. The van der Waals surface area contributed by atoms with Gasteiger partial charge in [-0.1, -0.05) is 49.0 Å². The van der Waals surface area contributed by atoms with Crippen molar-refractivity contribution in [1.82, 2.24) is 0 Å². The lowest BCUT2D eigenvalue weighted by Gasteiger charge is -2.13. The highest BCUT2D eigenvalue weighted by atomic mass is 16.5. The van der Waals surface area contributed by atoms with Gasteiger partial charge in [0.15, 0.2) is 5.97 Å². The van der Waals surface area contributed by atoms with E-state index >= 15 is 0 Å². The standard InChI is InChI=1S/C20H21NO.C2H2O4/c1-4-14-21(3)15-17(2)19-12-10-18(11-13-19)16-22-20-8-6-5-7-9-20;3-1(4)2(5)6/h1,5-13H,2,14-16H2,3H3;(H,3,4)(H,5,6). The molecule has 0 aliphatic heterocycles. The Balaban J connectivity index is 0.000000568. The number of para-hydroxylation sites is 1. The highest BCUT2D eigenvalue weighted by molar-refractivity contribution is 6.26. The van der Waals surface area contributed by atoms with Crippen molar-refractivity contribution in [2.75, 3.05) is 20.1 Å². The number of terminal acetylenes is 1. The van der Waals surface area contributed by atoms with Gasteiger partial charge in [-0.25, -0.2) is 4.79 Å². The molecule has 0 fully saturated rings. The molecular formula is C22H23NO5. The summed E-state index contributed by atoms with van der Waals surface area (Å²) in [5, 5.41) is 16.3. The first kappa shape index (κ1) is 22.5. The molecule has 2 aromatic rings. The lowest BCUT2D eigenvalue weighted by atomic mass is 10.1. The quantitative estimate of drug-likeness (QED) is 0.530. The number of likely N-dealkylation sites (N-methyl/N-ethyl adjacent to an activating group) is 1. The first-order valence-electron chi connectivity index (χ1n) is 8.47. The van der Waals surface area contributed by atoms with Crippen LogP contribution >= 0.6 is 0 Å². The van der Waals surface area contributed by atoms with E-state index in [2.05, 4.69) is 43.8 Å². The van der Waals surface area contributed by atoms with Crippen LogP contribution in [0.1, 0.15) is 11.1 Å². The van der Waals surface area contributed by atoms with E-state index < -0.39 is 11.9 Å². The number of hydrogen-bond acceptors (Lipinski definition) is 4. The van der Waals surface area contributed by atoms with Gasteiger partial charge in [0.25, 0.3) is 0 Å². The van der Waals surface area contributed by atoms with Crippen molar-refractivity contribution in [3.63, 3.8) is 0 Å². The zero-order chi connectivity index (χ0) is 20.9. The van der Waals surface area contributed by atoms with Crippen LogP contribution in [-0.4, -0.2) is 37.2 Å². The summed E-state index contributed by atoms with van der Waals surface area (Å²) in [6, 6.07) is 18.2. The molecule has 1 atom stereocenters. The zero-order valence-electron chi connectivity index (χ0n) is 15.7. The Morgan fingerprint density at radius 1 is 1.18 bits per heavy atom. The highest BCUT2D eigenvalue weighted by Gasteiger charge is 2.06. The van der Waals surface area contributed by atoms with Gasteiger partial charge in [-0.15, -0.1) is 6.42 Å². The third kappa shape index (κ3) is 8.70. The number of rotatable bonds is 7. The largest absolute Gasteiger partial charge is 0.539 e. The van der Waals surface area contributed by atoms with Crippen molar-refractivity contribution >= 4 is 17.5 Å². The van der Waals surface area contributed by atoms with Crippen molar-refractivity contribution in [1.29, 1.82) is 0 Å². The zero-order valence-corrected chi connectivity index (χ0v) is 15.7. The smallest absolute Gasteiger partial charge is 0.351 e. The summed E-state index contributed by atoms with van der Waals surface area (Å²) in [4.78, 5) is 19.3. The number of carbonyl (C=O) groups excluding carboxylic acids is 1. The minimum absolute atomic E-state index is 0.568. The van der Waals surface area contributed by atoms with Crippen LogP contribution in [0.4, 0.5) is 0 Å². The Hall–Kier alpha value is -3.56. The van der Waals surface area contributed by atoms with Gasteiger partial charge in [0.2, 0.25) is 0 Å². The van der Waals surface area contributed by atoms with Crippen LogP contribution in [0.2, 0.25) is 0 Å². The first-order chi connectivity index (χ1) is 13.3. The highest BCUT2D eigenvalue weighted by Crippen LogP contribution is 2.15. The Morgan fingerprint density at radius 3 is 2.25 bits per heavy atom. The molecule has 6 nitrogen and oxygen atoms in total. The van der Waals surface area contributed by atoms with Gasteiger partial charge in [-0.05, 0) is 29.2 Å². The second-order valence-electron chi connectivity index (χ2n) is 6.01.